The number of aromatic amines is 1. The fourth-order valence-corrected chi connectivity index (χ4v) is 1.95. The van der Waals surface area contributed by atoms with Gasteiger partial charge in [-0.1, -0.05) is 0 Å². The Bertz CT molecular complexity index is 655. The molecular formula is C9H8F3N4O2S-. The number of halogens is 3. The lowest BCUT2D eigenvalue weighted by atomic mass is 10.1. The van der Waals surface area contributed by atoms with Gasteiger partial charge in [-0.25, -0.2) is 4.98 Å². The first kappa shape index (κ1) is 13.6. The number of alkyl halides is 3. The molecule has 1 heterocycles. The molecule has 1 aromatic heterocycles. The van der Waals surface area contributed by atoms with E-state index in [0.29, 0.717) is 4.31 Å². The van der Waals surface area contributed by atoms with Gasteiger partial charge in [0, 0.05) is 18.3 Å². The SMILES string of the molecule is CN(c1cc2nc(N)[nH]c2cc1C(F)(F)F)S(=O)[O-]. The fraction of sp³-hybridized carbons (Fsp3) is 0.222. The summed E-state index contributed by atoms with van der Waals surface area (Å²) in [6.45, 7) is 0. The van der Waals surface area contributed by atoms with Crippen molar-refractivity contribution >= 4 is 33.9 Å². The van der Waals surface area contributed by atoms with Gasteiger partial charge in [-0.3, -0.25) is 4.21 Å². The molecule has 1 atom stereocenters. The Kier molecular flexibility index (Phi) is 3.14. The summed E-state index contributed by atoms with van der Waals surface area (Å²) in [5, 5.41) is 0. The van der Waals surface area contributed by atoms with E-state index in [2.05, 4.69) is 9.97 Å². The summed E-state index contributed by atoms with van der Waals surface area (Å²) >= 11 is -2.83. The molecule has 0 aliphatic rings. The molecule has 19 heavy (non-hydrogen) atoms. The van der Waals surface area contributed by atoms with Gasteiger partial charge in [0.2, 0.25) is 0 Å². The van der Waals surface area contributed by atoms with Gasteiger partial charge in [0.05, 0.1) is 22.3 Å². The molecule has 0 fully saturated rings. The maximum atomic E-state index is 12.9. The van der Waals surface area contributed by atoms with E-state index in [-0.39, 0.29) is 17.0 Å². The van der Waals surface area contributed by atoms with E-state index in [1.54, 1.807) is 0 Å². The van der Waals surface area contributed by atoms with Gasteiger partial charge < -0.3 is 19.6 Å². The zero-order valence-electron chi connectivity index (χ0n) is 9.49. The maximum Gasteiger partial charge on any atom is 0.418 e. The first-order valence-corrected chi connectivity index (χ1v) is 5.93. The summed E-state index contributed by atoms with van der Waals surface area (Å²) in [7, 11) is 1.01. The Morgan fingerprint density at radius 3 is 2.63 bits per heavy atom. The summed E-state index contributed by atoms with van der Waals surface area (Å²) in [5.41, 5.74) is 3.98. The molecule has 0 aliphatic carbocycles. The third kappa shape index (κ3) is 2.49. The van der Waals surface area contributed by atoms with Crippen LogP contribution < -0.4 is 10.0 Å². The molecule has 6 nitrogen and oxygen atoms in total. The zero-order chi connectivity index (χ0) is 14.4. The van der Waals surface area contributed by atoms with Gasteiger partial charge in [0.25, 0.3) is 0 Å². The molecule has 10 heteroatoms. The third-order valence-electron chi connectivity index (χ3n) is 2.49. The van der Waals surface area contributed by atoms with Crippen molar-refractivity contribution in [3.63, 3.8) is 0 Å². The molecule has 3 N–H and O–H groups in total. The minimum atomic E-state index is -4.70. The standard InChI is InChI=1S/C9H9F3N4O2S/c1-16(19(17)18)7-3-6-5(14-8(13)15-6)2-4(7)9(10,11)12/h2-3H,1H3,(H,17,18)(H3,13,14,15)/p-1. The average Bonchev–Trinajstić information content (AvgIpc) is 2.64. The summed E-state index contributed by atoms with van der Waals surface area (Å²) in [5.74, 6) is -0.0498. The Hall–Kier alpha value is -1.81. The van der Waals surface area contributed by atoms with E-state index < -0.39 is 28.7 Å². The number of fused-ring (bicyclic) bond motifs is 1. The van der Waals surface area contributed by atoms with Crippen LogP contribution in [-0.4, -0.2) is 25.8 Å². The average molecular weight is 293 g/mol. The van der Waals surface area contributed by atoms with Crippen molar-refractivity contribution < 1.29 is 21.9 Å². The van der Waals surface area contributed by atoms with Gasteiger partial charge in [-0.2, -0.15) is 13.2 Å². The van der Waals surface area contributed by atoms with Crippen molar-refractivity contribution in [3.05, 3.63) is 17.7 Å². The molecule has 0 amide bonds. The summed E-state index contributed by atoms with van der Waals surface area (Å²) in [6, 6.07) is 1.79. The van der Waals surface area contributed by atoms with Crippen LogP contribution in [0.1, 0.15) is 5.56 Å². The largest absolute Gasteiger partial charge is 0.755 e. The lowest BCUT2D eigenvalue weighted by molar-refractivity contribution is -0.136. The molecule has 0 aliphatic heterocycles. The first-order chi connectivity index (χ1) is 8.70. The third-order valence-corrected chi connectivity index (χ3v) is 3.13. The van der Waals surface area contributed by atoms with Crippen molar-refractivity contribution in [1.82, 2.24) is 9.97 Å². The molecule has 1 unspecified atom stereocenters. The number of rotatable bonds is 2. The van der Waals surface area contributed by atoms with Crippen LogP contribution in [-0.2, 0) is 17.4 Å². The molecule has 104 valence electrons. The van der Waals surface area contributed by atoms with Crippen molar-refractivity contribution in [3.8, 4) is 0 Å². The van der Waals surface area contributed by atoms with E-state index in [4.69, 9.17) is 5.73 Å². The van der Waals surface area contributed by atoms with Crippen molar-refractivity contribution in [2.45, 2.75) is 6.18 Å². The Balaban J connectivity index is 2.74. The smallest absolute Gasteiger partial charge is 0.418 e. The van der Waals surface area contributed by atoms with E-state index in [1.165, 1.54) is 0 Å². The molecule has 2 rings (SSSR count). The lowest BCUT2D eigenvalue weighted by Crippen LogP contribution is -2.23. The quantitative estimate of drug-likeness (QED) is 0.817. The highest BCUT2D eigenvalue weighted by molar-refractivity contribution is 7.80. The molecule has 0 spiro atoms. The predicted octanol–water partition coefficient (Wildman–Crippen LogP) is 1.39. The van der Waals surface area contributed by atoms with Gasteiger partial charge >= 0.3 is 6.18 Å². The number of nitrogen functional groups attached to an aromatic ring is 1. The van der Waals surface area contributed by atoms with Gasteiger partial charge in [-0.15, -0.1) is 0 Å². The number of hydrogen-bond acceptors (Lipinski definition) is 4. The summed E-state index contributed by atoms with van der Waals surface area (Å²) in [4.78, 5) is 6.23. The molecule has 0 bridgehead atoms. The second-order valence-corrected chi connectivity index (χ2v) is 4.70. The number of benzene rings is 1. The molecule has 2 aromatic rings. The van der Waals surface area contributed by atoms with E-state index in [0.717, 1.165) is 19.2 Å². The second-order valence-electron chi connectivity index (χ2n) is 3.72. The zero-order valence-corrected chi connectivity index (χ0v) is 10.3. The Morgan fingerprint density at radius 1 is 1.47 bits per heavy atom. The minimum Gasteiger partial charge on any atom is -0.755 e. The first-order valence-electron chi connectivity index (χ1n) is 4.89. The fourth-order valence-electron chi connectivity index (χ4n) is 1.63. The van der Waals surface area contributed by atoms with E-state index >= 15 is 0 Å². The van der Waals surface area contributed by atoms with Crippen molar-refractivity contribution in [2.24, 2.45) is 0 Å². The van der Waals surface area contributed by atoms with Crippen LogP contribution >= 0.6 is 0 Å². The number of imidazole rings is 1. The monoisotopic (exact) mass is 293 g/mol. The molecular weight excluding hydrogens is 285 g/mol. The normalized spacial score (nSPS) is 13.7. The number of aromatic nitrogens is 2. The van der Waals surface area contributed by atoms with Crippen LogP contribution in [0.25, 0.3) is 11.0 Å². The van der Waals surface area contributed by atoms with Crippen LogP contribution in [0.3, 0.4) is 0 Å². The van der Waals surface area contributed by atoms with E-state index in [1.807, 2.05) is 0 Å². The molecule has 1 aromatic carbocycles. The molecule has 0 radical (unpaired) electrons. The Labute approximate surface area is 107 Å². The van der Waals surface area contributed by atoms with E-state index in [9.17, 15) is 21.9 Å². The highest BCUT2D eigenvalue weighted by Gasteiger charge is 2.35. The van der Waals surface area contributed by atoms with Crippen LogP contribution in [0, 0.1) is 0 Å². The second kappa shape index (κ2) is 4.38. The predicted molar refractivity (Wildman–Crippen MR) is 62.8 cm³/mol. The van der Waals surface area contributed by atoms with Gasteiger partial charge in [0.1, 0.15) is 0 Å². The number of nitrogens with zero attached hydrogens (tertiary/aromatic N) is 2. The maximum absolute atomic E-state index is 12.9. The van der Waals surface area contributed by atoms with Crippen LogP contribution in [0.4, 0.5) is 24.8 Å². The summed E-state index contributed by atoms with van der Waals surface area (Å²) in [6.07, 6.45) is -4.70. The molecule has 0 saturated heterocycles. The summed E-state index contributed by atoms with van der Waals surface area (Å²) < 4.78 is 60.9. The topological polar surface area (TPSA) is 98.1 Å². The highest BCUT2D eigenvalue weighted by Crippen LogP contribution is 2.38. The van der Waals surface area contributed by atoms with Crippen molar-refractivity contribution in [1.29, 1.82) is 0 Å². The van der Waals surface area contributed by atoms with Crippen LogP contribution in [0.5, 0.6) is 0 Å². The number of nitrogens with two attached hydrogens (primary N) is 1. The van der Waals surface area contributed by atoms with Gasteiger partial charge in [0.15, 0.2) is 5.95 Å². The highest BCUT2D eigenvalue weighted by atomic mass is 32.2. The number of H-pyrrole nitrogens is 1. The number of anilines is 2. The number of nitrogens with one attached hydrogen (secondary N) is 1. The van der Waals surface area contributed by atoms with Crippen LogP contribution in [0.15, 0.2) is 12.1 Å². The Morgan fingerprint density at radius 2 is 2.11 bits per heavy atom. The van der Waals surface area contributed by atoms with Crippen molar-refractivity contribution in [2.75, 3.05) is 17.1 Å². The van der Waals surface area contributed by atoms with Crippen LogP contribution in [0.2, 0.25) is 0 Å². The minimum absolute atomic E-state index is 0.0498. The molecule has 0 saturated carbocycles. The number of hydrogen-bond donors (Lipinski definition) is 2. The lowest BCUT2D eigenvalue weighted by Gasteiger charge is -2.24. The van der Waals surface area contributed by atoms with Gasteiger partial charge in [-0.05, 0) is 12.1 Å².